The molecule has 46 heavy (non-hydrogen) atoms. The Bertz CT molecular complexity index is 1810. The third-order valence-corrected chi connectivity index (χ3v) is 9.36. The van der Waals surface area contributed by atoms with Crippen molar-refractivity contribution in [2.75, 3.05) is 32.0 Å². The molecule has 1 aliphatic rings. The first-order valence-electron chi connectivity index (χ1n) is 15.9. The minimum absolute atomic E-state index is 0.0296. The van der Waals surface area contributed by atoms with Gasteiger partial charge >= 0.3 is 0 Å². The van der Waals surface area contributed by atoms with Gasteiger partial charge in [0.1, 0.15) is 12.1 Å². The van der Waals surface area contributed by atoms with Gasteiger partial charge in [-0.1, -0.05) is 90.1 Å². The van der Waals surface area contributed by atoms with Crippen molar-refractivity contribution in [2.45, 2.75) is 57.5 Å². The number of carbonyl (C=O) groups excluding carboxylic acids is 2. The van der Waals surface area contributed by atoms with Crippen LogP contribution >= 0.6 is 11.8 Å². The molecule has 5 aromatic rings. The molecule has 1 fully saturated rings. The zero-order chi connectivity index (χ0) is 31.9. The molecule has 0 spiro atoms. The molecule has 0 radical (unpaired) electrons. The number of hydrogen-bond donors (Lipinski definition) is 0. The Labute approximate surface area is 274 Å². The summed E-state index contributed by atoms with van der Waals surface area (Å²) in [6.45, 7) is 6.90. The third-order valence-electron chi connectivity index (χ3n) is 8.43. The van der Waals surface area contributed by atoms with E-state index in [1.54, 1.807) is 11.8 Å². The maximum Gasteiger partial charge on any atom is 0.248 e. The van der Waals surface area contributed by atoms with Crippen molar-refractivity contribution in [3.05, 3.63) is 95.6 Å². The first-order valence-corrected chi connectivity index (χ1v) is 16.9. The summed E-state index contributed by atoms with van der Waals surface area (Å²) in [7, 11) is 0. The highest BCUT2D eigenvalue weighted by atomic mass is 32.2. The van der Waals surface area contributed by atoms with Crippen LogP contribution in [0.2, 0.25) is 0 Å². The fourth-order valence-corrected chi connectivity index (χ4v) is 6.85. The van der Waals surface area contributed by atoms with E-state index in [1.165, 1.54) is 11.1 Å². The lowest BCUT2D eigenvalue weighted by molar-refractivity contribution is -0.146. The number of rotatable bonds is 12. The van der Waals surface area contributed by atoms with E-state index < -0.39 is 0 Å². The summed E-state index contributed by atoms with van der Waals surface area (Å²) >= 11 is 1.58. The van der Waals surface area contributed by atoms with Gasteiger partial charge in [-0.2, -0.15) is 0 Å². The number of amides is 2. The minimum atomic E-state index is -0.0397. The largest absolute Gasteiger partial charge is 0.367 e. The van der Waals surface area contributed by atoms with Crippen LogP contribution in [-0.4, -0.2) is 79.4 Å². The Morgan fingerprint density at radius 1 is 0.913 bits per heavy atom. The molecule has 3 aromatic carbocycles. The highest BCUT2D eigenvalue weighted by molar-refractivity contribution is 7.99. The van der Waals surface area contributed by atoms with Crippen molar-refractivity contribution in [2.24, 2.45) is 0 Å². The van der Waals surface area contributed by atoms with Crippen LogP contribution in [0.15, 0.2) is 84.0 Å². The van der Waals surface area contributed by atoms with Gasteiger partial charge in [0.05, 0.1) is 12.1 Å². The quantitative estimate of drug-likeness (QED) is 0.125. The van der Waals surface area contributed by atoms with Crippen LogP contribution in [0.3, 0.4) is 0 Å². The maximum atomic E-state index is 13.0. The molecule has 2 aromatic heterocycles. The Morgan fingerprint density at radius 2 is 1.72 bits per heavy atom. The maximum absolute atomic E-state index is 13.0. The Balaban J connectivity index is 0.968. The molecule has 9 nitrogen and oxygen atoms in total. The van der Waals surface area contributed by atoms with Gasteiger partial charge in [0.2, 0.25) is 17.0 Å². The lowest BCUT2D eigenvalue weighted by Crippen LogP contribution is -2.56. The summed E-state index contributed by atoms with van der Waals surface area (Å²) in [5.41, 5.74) is 6.24. The van der Waals surface area contributed by atoms with Crippen molar-refractivity contribution in [1.29, 1.82) is 0 Å². The molecule has 1 atom stereocenters. The van der Waals surface area contributed by atoms with Gasteiger partial charge in [0, 0.05) is 49.8 Å². The second-order valence-electron chi connectivity index (χ2n) is 11.9. The van der Waals surface area contributed by atoms with Crippen LogP contribution in [0.25, 0.3) is 22.1 Å². The second kappa shape index (κ2) is 14.9. The SMILES string of the molecule is Cc1cccc(Cn2c3ccccc3c3nnc(SCCCCC(=O)N4CCN(C(=O)COCc5ccccc5)C(C)C4)nc32)c1. The van der Waals surface area contributed by atoms with Gasteiger partial charge in [-0.15, -0.1) is 10.2 Å². The summed E-state index contributed by atoms with van der Waals surface area (Å²) in [5.74, 6) is 0.919. The van der Waals surface area contributed by atoms with Crippen molar-refractivity contribution in [1.82, 2.24) is 29.5 Å². The molecule has 10 heteroatoms. The van der Waals surface area contributed by atoms with Crippen molar-refractivity contribution < 1.29 is 14.3 Å². The number of unbranched alkanes of at least 4 members (excludes halogenated alkanes) is 1. The van der Waals surface area contributed by atoms with E-state index >= 15 is 0 Å². The van der Waals surface area contributed by atoms with Crippen molar-refractivity contribution in [3.8, 4) is 0 Å². The number of ether oxygens (including phenoxy) is 1. The van der Waals surface area contributed by atoms with Crippen LogP contribution in [0, 0.1) is 6.92 Å². The average molecular weight is 637 g/mol. The number of carbonyl (C=O) groups is 2. The molecule has 1 aliphatic heterocycles. The van der Waals surface area contributed by atoms with E-state index in [9.17, 15) is 9.59 Å². The highest BCUT2D eigenvalue weighted by Crippen LogP contribution is 2.28. The van der Waals surface area contributed by atoms with E-state index in [-0.39, 0.29) is 24.5 Å². The first-order chi connectivity index (χ1) is 22.5. The Morgan fingerprint density at radius 3 is 2.54 bits per heavy atom. The normalized spacial score (nSPS) is 15.1. The number of fused-ring (bicyclic) bond motifs is 3. The van der Waals surface area contributed by atoms with E-state index in [1.807, 2.05) is 59.2 Å². The van der Waals surface area contributed by atoms with Crippen LogP contribution in [0.5, 0.6) is 0 Å². The monoisotopic (exact) mass is 636 g/mol. The van der Waals surface area contributed by atoms with E-state index in [2.05, 4.69) is 58.1 Å². The summed E-state index contributed by atoms with van der Waals surface area (Å²) in [4.78, 5) is 34.4. The molecular formula is C36H40N6O3S. The average Bonchev–Trinajstić information content (AvgIpc) is 3.37. The van der Waals surface area contributed by atoms with Gasteiger partial charge in [-0.25, -0.2) is 4.98 Å². The summed E-state index contributed by atoms with van der Waals surface area (Å²) in [5, 5.41) is 10.7. The Hall–Kier alpha value is -4.28. The van der Waals surface area contributed by atoms with Crippen LogP contribution < -0.4 is 0 Å². The number of benzene rings is 3. The topological polar surface area (TPSA) is 93.5 Å². The summed E-state index contributed by atoms with van der Waals surface area (Å²) < 4.78 is 7.87. The number of hydrogen-bond acceptors (Lipinski definition) is 7. The lowest BCUT2D eigenvalue weighted by Gasteiger charge is -2.40. The molecule has 3 heterocycles. The number of piperazine rings is 1. The van der Waals surface area contributed by atoms with E-state index in [4.69, 9.17) is 9.72 Å². The molecule has 0 bridgehead atoms. The fourth-order valence-electron chi connectivity index (χ4n) is 6.07. The molecule has 2 amide bonds. The second-order valence-corrected chi connectivity index (χ2v) is 13.0. The molecule has 1 unspecified atom stereocenters. The van der Waals surface area contributed by atoms with Gasteiger partial charge < -0.3 is 19.1 Å². The third kappa shape index (κ3) is 7.57. The molecule has 0 saturated carbocycles. The van der Waals surface area contributed by atoms with Gasteiger partial charge in [0.15, 0.2) is 5.65 Å². The molecule has 1 saturated heterocycles. The van der Waals surface area contributed by atoms with Crippen molar-refractivity contribution in [3.63, 3.8) is 0 Å². The van der Waals surface area contributed by atoms with Gasteiger partial charge in [-0.3, -0.25) is 9.59 Å². The first kappa shape index (κ1) is 31.7. The van der Waals surface area contributed by atoms with E-state index in [0.29, 0.717) is 44.4 Å². The molecule has 0 N–H and O–H groups in total. The number of aryl methyl sites for hydroxylation is 1. The predicted molar refractivity (Wildman–Crippen MR) is 182 cm³/mol. The number of nitrogens with zero attached hydrogens (tertiary/aromatic N) is 6. The van der Waals surface area contributed by atoms with Crippen molar-refractivity contribution >= 4 is 45.6 Å². The molecule has 238 valence electrons. The molecule has 0 aliphatic carbocycles. The summed E-state index contributed by atoms with van der Waals surface area (Å²) in [6, 6.07) is 26.6. The predicted octanol–water partition coefficient (Wildman–Crippen LogP) is 5.87. The number of para-hydroxylation sites is 1. The zero-order valence-corrected chi connectivity index (χ0v) is 27.3. The molecular weight excluding hydrogens is 597 g/mol. The van der Waals surface area contributed by atoms with E-state index in [0.717, 1.165) is 46.2 Å². The van der Waals surface area contributed by atoms with Gasteiger partial charge in [0.25, 0.3) is 0 Å². The van der Waals surface area contributed by atoms with Gasteiger partial charge in [-0.05, 0) is 43.9 Å². The number of thioether (sulfide) groups is 1. The number of aromatic nitrogens is 4. The Kier molecular flexibility index (Phi) is 10.2. The highest BCUT2D eigenvalue weighted by Gasteiger charge is 2.29. The zero-order valence-electron chi connectivity index (χ0n) is 26.5. The van der Waals surface area contributed by atoms with Crippen LogP contribution in [0.1, 0.15) is 42.9 Å². The fraction of sp³-hybridized carbons (Fsp3) is 0.361. The smallest absolute Gasteiger partial charge is 0.248 e. The molecule has 6 rings (SSSR count). The van der Waals surface area contributed by atoms with Crippen LogP contribution in [0.4, 0.5) is 0 Å². The lowest BCUT2D eigenvalue weighted by atomic mass is 10.1. The summed E-state index contributed by atoms with van der Waals surface area (Å²) in [6.07, 6.45) is 2.15. The standard InChI is InChI=1S/C36H40N6O3S/c1-26-11-10-14-29(21-26)23-42-31-16-7-6-15-30(31)34-35(42)37-36(39-38-34)46-20-9-8-17-32(43)40-18-19-41(27(2)22-40)33(44)25-45-24-28-12-4-3-5-13-28/h3-7,10-16,21,27H,8-9,17-20,22-25H2,1-2H3. The minimum Gasteiger partial charge on any atom is -0.367 e. The van der Waals surface area contributed by atoms with Crippen LogP contribution in [-0.2, 0) is 27.5 Å².